The lowest BCUT2D eigenvalue weighted by Gasteiger charge is -2.06. The molecule has 3 rings (SSSR count). The van der Waals surface area contributed by atoms with E-state index in [0.717, 1.165) is 22.8 Å². The van der Waals surface area contributed by atoms with Gasteiger partial charge in [-0.3, -0.25) is 4.79 Å². The van der Waals surface area contributed by atoms with Crippen LogP contribution in [0, 0.1) is 11.6 Å². The lowest BCUT2D eigenvalue weighted by molar-refractivity contribution is 0.102. The molecule has 8 heteroatoms. The zero-order valence-corrected chi connectivity index (χ0v) is 12.1. The molecule has 0 fully saturated rings. The highest BCUT2D eigenvalue weighted by atomic mass is 19.1. The third-order valence-electron chi connectivity index (χ3n) is 3.47. The summed E-state index contributed by atoms with van der Waals surface area (Å²) in [5.74, 6) is -3.18. The van der Waals surface area contributed by atoms with Crippen LogP contribution in [0.15, 0.2) is 42.5 Å². The number of primary amides is 1. The molecule has 0 unspecified atom stereocenters. The Morgan fingerprint density at radius 3 is 2.54 bits per heavy atom. The Kier molecular flexibility index (Phi) is 3.64. The van der Waals surface area contributed by atoms with Gasteiger partial charge in [-0.2, -0.15) is 0 Å². The van der Waals surface area contributed by atoms with Crippen molar-refractivity contribution >= 4 is 28.5 Å². The molecule has 0 aliphatic heterocycles. The lowest BCUT2D eigenvalue weighted by atomic mass is 10.1. The fraction of sp³-hybridized carbons (Fsp3) is 0. The Morgan fingerprint density at radius 1 is 1.12 bits per heavy atom. The highest BCUT2D eigenvalue weighted by molar-refractivity contribution is 6.16. The summed E-state index contributed by atoms with van der Waals surface area (Å²) >= 11 is 0. The number of nitrogens with two attached hydrogens (primary N) is 1. The second-order valence-electron chi connectivity index (χ2n) is 4.97. The maximum Gasteiger partial charge on any atom is 0.326 e. The second kappa shape index (κ2) is 5.65. The first kappa shape index (κ1) is 15.5. The first-order chi connectivity index (χ1) is 11.4. The number of benzene rings is 2. The van der Waals surface area contributed by atoms with Gasteiger partial charge in [0.25, 0.3) is 5.91 Å². The van der Waals surface area contributed by atoms with Crippen LogP contribution in [0.25, 0.3) is 10.9 Å². The normalized spacial score (nSPS) is 10.8. The summed E-state index contributed by atoms with van der Waals surface area (Å²) in [5, 5.41) is 12.6. The highest BCUT2D eigenvalue weighted by Crippen LogP contribution is 2.31. The predicted molar refractivity (Wildman–Crippen MR) is 82.9 cm³/mol. The van der Waals surface area contributed by atoms with Crippen LogP contribution in [0.3, 0.4) is 0 Å². The number of carbonyl (C=O) groups excluding carboxylic acids is 2. The molecule has 122 valence electrons. The van der Waals surface area contributed by atoms with Gasteiger partial charge in [0.05, 0.1) is 11.2 Å². The molecule has 1 heterocycles. The smallest absolute Gasteiger partial charge is 0.326 e. The van der Waals surface area contributed by atoms with Gasteiger partial charge < -0.3 is 16.2 Å². The molecule has 3 aromatic rings. The fourth-order valence-corrected chi connectivity index (χ4v) is 2.45. The molecule has 6 nitrogen and oxygen atoms in total. The summed E-state index contributed by atoms with van der Waals surface area (Å²) in [5.41, 5.74) is 4.77. The first-order valence-corrected chi connectivity index (χ1v) is 6.78. The molecule has 0 bridgehead atoms. The molecule has 1 aromatic heterocycles. The molecule has 2 aromatic carbocycles. The zero-order valence-electron chi connectivity index (χ0n) is 12.1. The van der Waals surface area contributed by atoms with E-state index in [2.05, 4.69) is 5.32 Å². The monoisotopic (exact) mass is 331 g/mol. The Hall–Kier alpha value is -3.42. The maximum atomic E-state index is 13.7. The van der Waals surface area contributed by atoms with Crippen LogP contribution >= 0.6 is 0 Å². The standard InChI is InChI=1S/C16H11F2N3O3/c17-8-5-6-10(18)11(7-8)20-14(22)13-9-3-1-2-4-12(9)21(15(13)23)16(19)24/h1-7,23H,(H2,19,24)(H,20,22). The molecular formula is C16H11F2N3O3. The van der Waals surface area contributed by atoms with Gasteiger partial charge in [0.2, 0.25) is 5.88 Å². The number of para-hydroxylation sites is 1. The van der Waals surface area contributed by atoms with E-state index in [-0.39, 0.29) is 16.5 Å². The van der Waals surface area contributed by atoms with Gasteiger partial charge >= 0.3 is 6.03 Å². The molecule has 0 radical (unpaired) electrons. The van der Waals surface area contributed by atoms with Gasteiger partial charge in [-0.25, -0.2) is 18.1 Å². The van der Waals surface area contributed by atoms with Crippen LogP contribution in [0.5, 0.6) is 5.88 Å². The fourth-order valence-electron chi connectivity index (χ4n) is 2.45. The summed E-state index contributed by atoms with van der Waals surface area (Å²) in [6.07, 6.45) is 0. The van der Waals surface area contributed by atoms with E-state index in [9.17, 15) is 23.5 Å². The van der Waals surface area contributed by atoms with Gasteiger partial charge in [0.15, 0.2) is 0 Å². The van der Waals surface area contributed by atoms with Crippen molar-refractivity contribution in [3.63, 3.8) is 0 Å². The second-order valence-corrected chi connectivity index (χ2v) is 4.97. The van der Waals surface area contributed by atoms with Gasteiger partial charge in [-0.1, -0.05) is 18.2 Å². The van der Waals surface area contributed by atoms with Crippen molar-refractivity contribution in [1.29, 1.82) is 0 Å². The minimum atomic E-state index is -0.986. The molecule has 0 aliphatic rings. The number of aromatic nitrogens is 1. The Bertz CT molecular complexity index is 982. The van der Waals surface area contributed by atoms with Crippen molar-refractivity contribution in [3.05, 3.63) is 59.7 Å². The number of halogens is 2. The van der Waals surface area contributed by atoms with Crippen molar-refractivity contribution in [2.75, 3.05) is 5.32 Å². The van der Waals surface area contributed by atoms with Gasteiger partial charge in [-0.15, -0.1) is 0 Å². The number of amides is 2. The summed E-state index contributed by atoms with van der Waals surface area (Å²) in [4.78, 5) is 23.9. The molecule has 2 amide bonds. The van der Waals surface area contributed by atoms with E-state index >= 15 is 0 Å². The van der Waals surface area contributed by atoms with E-state index < -0.39 is 35.1 Å². The lowest BCUT2D eigenvalue weighted by Crippen LogP contribution is -2.19. The van der Waals surface area contributed by atoms with Gasteiger partial charge in [0, 0.05) is 11.5 Å². The van der Waals surface area contributed by atoms with Crippen LogP contribution in [0.1, 0.15) is 10.4 Å². The molecule has 24 heavy (non-hydrogen) atoms. The van der Waals surface area contributed by atoms with Crippen LogP contribution in [0.2, 0.25) is 0 Å². The van der Waals surface area contributed by atoms with E-state index in [1.807, 2.05) is 0 Å². The van der Waals surface area contributed by atoms with Gasteiger partial charge in [-0.05, 0) is 18.2 Å². The van der Waals surface area contributed by atoms with Crippen molar-refractivity contribution in [2.24, 2.45) is 5.73 Å². The minimum Gasteiger partial charge on any atom is -0.494 e. The van der Waals surface area contributed by atoms with E-state index in [0.29, 0.717) is 0 Å². The number of aromatic hydroxyl groups is 1. The van der Waals surface area contributed by atoms with Crippen LogP contribution in [-0.2, 0) is 0 Å². The largest absolute Gasteiger partial charge is 0.494 e. The molecule has 0 spiro atoms. The maximum absolute atomic E-state index is 13.7. The topological polar surface area (TPSA) is 97.3 Å². The number of rotatable bonds is 2. The summed E-state index contributed by atoms with van der Waals surface area (Å²) in [6.45, 7) is 0. The number of fused-ring (bicyclic) bond motifs is 1. The number of hydrogen-bond donors (Lipinski definition) is 3. The predicted octanol–water partition coefficient (Wildman–Crippen LogP) is 2.80. The number of hydrogen-bond acceptors (Lipinski definition) is 3. The van der Waals surface area contributed by atoms with Crippen molar-refractivity contribution in [1.82, 2.24) is 4.57 Å². The van der Waals surface area contributed by atoms with E-state index in [1.165, 1.54) is 12.1 Å². The Morgan fingerprint density at radius 2 is 1.83 bits per heavy atom. The van der Waals surface area contributed by atoms with E-state index in [4.69, 9.17) is 5.73 Å². The van der Waals surface area contributed by atoms with Gasteiger partial charge in [0.1, 0.15) is 17.2 Å². The molecule has 0 atom stereocenters. The first-order valence-electron chi connectivity index (χ1n) is 6.78. The van der Waals surface area contributed by atoms with Crippen molar-refractivity contribution < 1.29 is 23.5 Å². The zero-order chi connectivity index (χ0) is 17.4. The highest BCUT2D eigenvalue weighted by Gasteiger charge is 2.25. The summed E-state index contributed by atoms with van der Waals surface area (Å²) in [6, 6.07) is 7.74. The average Bonchev–Trinajstić information content (AvgIpc) is 2.82. The molecule has 4 N–H and O–H groups in total. The van der Waals surface area contributed by atoms with Crippen LogP contribution in [-0.4, -0.2) is 21.6 Å². The van der Waals surface area contributed by atoms with Crippen molar-refractivity contribution in [3.8, 4) is 5.88 Å². The molecule has 0 aliphatic carbocycles. The van der Waals surface area contributed by atoms with Crippen molar-refractivity contribution in [2.45, 2.75) is 0 Å². The van der Waals surface area contributed by atoms with Crippen LogP contribution < -0.4 is 11.1 Å². The van der Waals surface area contributed by atoms with E-state index in [1.54, 1.807) is 12.1 Å². The average molecular weight is 331 g/mol. The minimum absolute atomic E-state index is 0.215. The summed E-state index contributed by atoms with van der Waals surface area (Å²) < 4.78 is 27.6. The third kappa shape index (κ3) is 2.43. The molecular weight excluding hydrogens is 320 g/mol. The van der Waals surface area contributed by atoms with Crippen LogP contribution in [0.4, 0.5) is 19.3 Å². The number of nitrogens with one attached hydrogen (secondary N) is 1. The number of anilines is 1. The number of carbonyl (C=O) groups is 2. The summed E-state index contributed by atoms with van der Waals surface area (Å²) in [7, 11) is 0. The quantitative estimate of drug-likeness (QED) is 0.673. The SMILES string of the molecule is NC(=O)n1c(O)c(C(=O)Nc2cc(F)ccc2F)c2ccccc21. The number of nitrogens with zero attached hydrogens (tertiary/aromatic N) is 1. The molecule has 0 saturated carbocycles. The third-order valence-corrected chi connectivity index (χ3v) is 3.47. The molecule has 0 saturated heterocycles. The Balaban J connectivity index is 2.12. The Labute approximate surface area is 134 Å².